The first-order chi connectivity index (χ1) is 11.2. The monoisotopic (exact) mass is 326 g/mol. The number of carbonyl (C=O) groups is 1. The molecule has 0 aromatic heterocycles. The summed E-state index contributed by atoms with van der Waals surface area (Å²) in [5.74, 6) is 0.581. The van der Waals surface area contributed by atoms with E-state index in [1.807, 2.05) is 24.3 Å². The van der Waals surface area contributed by atoms with Crippen LogP contribution >= 0.6 is 11.8 Å². The lowest BCUT2D eigenvalue weighted by molar-refractivity contribution is -0.115. The van der Waals surface area contributed by atoms with Gasteiger partial charge in [-0.25, -0.2) is 4.99 Å². The van der Waals surface area contributed by atoms with Gasteiger partial charge in [-0.3, -0.25) is 4.79 Å². The van der Waals surface area contributed by atoms with E-state index in [0.29, 0.717) is 15.8 Å². The molecule has 2 N–H and O–H groups in total. The van der Waals surface area contributed by atoms with Gasteiger partial charge in [-0.2, -0.15) is 0 Å². The number of nitrogens with one attached hydrogen (secondary N) is 1. The van der Waals surface area contributed by atoms with Crippen molar-refractivity contribution in [2.75, 3.05) is 7.11 Å². The van der Waals surface area contributed by atoms with Gasteiger partial charge in [0.25, 0.3) is 5.91 Å². The number of ether oxygens (including phenoxy) is 1. The molecule has 1 amide bonds. The molecular formula is C17H14N2O3S. The van der Waals surface area contributed by atoms with Gasteiger partial charge in [0.15, 0.2) is 5.17 Å². The lowest BCUT2D eigenvalue weighted by Crippen LogP contribution is -2.19. The van der Waals surface area contributed by atoms with E-state index in [1.165, 1.54) is 11.8 Å². The number of amidine groups is 1. The van der Waals surface area contributed by atoms with Crippen molar-refractivity contribution >= 4 is 34.6 Å². The highest BCUT2D eigenvalue weighted by Gasteiger charge is 2.24. The first kappa shape index (κ1) is 15.2. The number of aliphatic imine (C=N–C) groups is 1. The van der Waals surface area contributed by atoms with Gasteiger partial charge in [0.05, 0.1) is 12.0 Å². The Morgan fingerprint density at radius 3 is 2.83 bits per heavy atom. The van der Waals surface area contributed by atoms with Crippen LogP contribution in [0.5, 0.6) is 11.5 Å². The van der Waals surface area contributed by atoms with Gasteiger partial charge in [0.2, 0.25) is 0 Å². The molecule has 5 nitrogen and oxygen atoms in total. The van der Waals surface area contributed by atoms with Crippen molar-refractivity contribution in [3.8, 4) is 11.5 Å². The van der Waals surface area contributed by atoms with E-state index in [4.69, 9.17) is 4.74 Å². The summed E-state index contributed by atoms with van der Waals surface area (Å²) in [6, 6.07) is 14.2. The number of methoxy groups -OCH3 is 1. The number of thioether (sulfide) groups is 1. The summed E-state index contributed by atoms with van der Waals surface area (Å²) in [4.78, 5) is 16.8. The third-order valence-corrected chi connectivity index (χ3v) is 4.06. The maximum absolute atomic E-state index is 12.0. The van der Waals surface area contributed by atoms with Crippen molar-refractivity contribution in [3.63, 3.8) is 0 Å². The Kier molecular flexibility index (Phi) is 4.34. The first-order valence-electron chi connectivity index (χ1n) is 6.87. The molecule has 1 heterocycles. The van der Waals surface area contributed by atoms with Crippen molar-refractivity contribution < 1.29 is 14.6 Å². The van der Waals surface area contributed by atoms with E-state index in [9.17, 15) is 9.90 Å². The Bertz CT molecular complexity index is 815. The summed E-state index contributed by atoms with van der Waals surface area (Å²) in [5, 5.41) is 12.9. The molecule has 0 spiro atoms. The van der Waals surface area contributed by atoms with Crippen LogP contribution in [0.2, 0.25) is 0 Å². The van der Waals surface area contributed by atoms with Crippen LogP contribution in [0, 0.1) is 0 Å². The number of hydrogen-bond donors (Lipinski definition) is 2. The smallest absolute Gasteiger partial charge is 0.264 e. The van der Waals surface area contributed by atoms with Crippen LogP contribution in [-0.4, -0.2) is 23.3 Å². The van der Waals surface area contributed by atoms with Crippen molar-refractivity contribution in [2.24, 2.45) is 4.99 Å². The maximum atomic E-state index is 12.0. The van der Waals surface area contributed by atoms with Crippen molar-refractivity contribution in [3.05, 3.63) is 59.0 Å². The van der Waals surface area contributed by atoms with Crippen molar-refractivity contribution in [2.45, 2.75) is 0 Å². The lowest BCUT2D eigenvalue weighted by atomic mass is 10.2. The first-order valence-corrected chi connectivity index (χ1v) is 7.69. The topological polar surface area (TPSA) is 70.9 Å². The van der Waals surface area contributed by atoms with Crippen LogP contribution in [0.4, 0.5) is 5.69 Å². The molecule has 1 saturated heterocycles. The molecule has 0 unspecified atom stereocenters. The molecule has 1 fully saturated rings. The Morgan fingerprint density at radius 2 is 2.04 bits per heavy atom. The predicted molar refractivity (Wildman–Crippen MR) is 91.9 cm³/mol. The summed E-state index contributed by atoms with van der Waals surface area (Å²) in [6.07, 6.45) is 1.77. The minimum absolute atomic E-state index is 0.0695. The number of aromatic hydroxyl groups is 1. The number of nitrogens with zero attached hydrogens (tertiary/aromatic N) is 1. The molecule has 116 valence electrons. The fourth-order valence-electron chi connectivity index (χ4n) is 2.03. The van der Waals surface area contributed by atoms with Crippen LogP contribution in [-0.2, 0) is 4.79 Å². The Labute approximate surface area is 137 Å². The molecule has 0 aliphatic carbocycles. The van der Waals surface area contributed by atoms with Crippen LogP contribution < -0.4 is 10.1 Å². The number of rotatable bonds is 3. The van der Waals surface area contributed by atoms with Crippen molar-refractivity contribution in [1.29, 1.82) is 0 Å². The van der Waals surface area contributed by atoms with Gasteiger partial charge < -0.3 is 15.2 Å². The van der Waals surface area contributed by atoms with Crippen LogP contribution in [0.3, 0.4) is 0 Å². The number of para-hydroxylation sites is 2. The van der Waals surface area contributed by atoms with E-state index in [-0.39, 0.29) is 11.7 Å². The Morgan fingerprint density at radius 1 is 1.22 bits per heavy atom. The molecule has 0 atom stereocenters. The average Bonchev–Trinajstić information content (AvgIpc) is 2.89. The van der Waals surface area contributed by atoms with Gasteiger partial charge in [-0.15, -0.1) is 0 Å². The highest BCUT2D eigenvalue weighted by atomic mass is 32.2. The fraction of sp³-hybridized carbons (Fsp3) is 0.0588. The molecule has 1 aliphatic heterocycles. The minimum atomic E-state index is -0.216. The van der Waals surface area contributed by atoms with Crippen molar-refractivity contribution in [1.82, 2.24) is 5.32 Å². The zero-order valence-electron chi connectivity index (χ0n) is 12.3. The number of amides is 1. The van der Waals surface area contributed by atoms with Gasteiger partial charge in [0, 0.05) is 0 Å². The summed E-state index contributed by atoms with van der Waals surface area (Å²) in [6.45, 7) is 0. The second-order valence-electron chi connectivity index (χ2n) is 4.75. The van der Waals surface area contributed by atoms with E-state index >= 15 is 0 Å². The molecule has 23 heavy (non-hydrogen) atoms. The molecule has 1 aliphatic rings. The second-order valence-corrected chi connectivity index (χ2v) is 5.78. The van der Waals surface area contributed by atoms with Gasteiger partial charge in [-0.1, -0.05) is 24.3 Å². The fourth-order valence-corrected chi connectivity index (χ4v) is 2.87. The van der Waals surface area contributed by atoms with E-state index in [0.717, 1.165) is 11.3 Å². The molecule has 0 saturated carbocycles. The highest BCUT2D eigenvalue weighted by Crippen LogP contribution is 2.31. The molecular weight excluding hydrogens is 312 g/mol. The van der Waals surface area contributed by atoms with Crippen LogP contribution in [0.25, 0.3) is 6.08 Å². The predicted octanol–water partition coefficient (Wildman–Crippen LogP) is 3.29. The minimum Gasteiger partial charge on any atom is -0.506 e. The summed E-state index contributed by atoms with van der Waals surface area (Å²) < 4.78 is 5.17. The van der Waals surface area contributed by atoms with Gasteiger partial charge in [0.1, 0.15) is 17.2 Å². The third-order valence-electron chi connectivity index (χ3n) is 3.15. The van der Waals surface area contributed by atoms with Gasteiger partial charge in [-0.05, 0) is 47.7 Å². The van der Waals surface area contributed by atoms with E-state index in [1.54, 1.807) is 37.5 Å². The number of phenols is 1. The highest BCUT2D eigenvalue weighted by molar-refractivity contribution is 8.18. The number of benzene rings is 2. The van der Waals surface area contributed by atoms with Crippen LogP contribution in [0.1, 0.15) is 5.56 Å². The summed E-state index contributed by atoms with van der Waals surface area (Å²) in [5.41, 5.74) is 1.28. The Balaban J connectivity index is 1.85. The van der Waals surface area contributed by atoms with E-state index < -0.39 is 0 Å². The standard InChI is InChI=1S/C17H14N2O3S/c1-22-12-6-4-5-11(9-12)10-15-16(21)19-17(23-15)18-13-7-2-3-8-14(13)20/h2-10,20H,1H3,(H,18,19,21)/b15-10-. The second kappa shape index (κ2) is 6.58. The number of phenolic OH excluding ortho intramolecular Hbond substituents is 1. The molecule has 0 radical (unpaired) electrons. The molecule has 6 heteroatoms. The number of carbonyl (C=O) groups excluding carboxylic acids is 1. The van der Waals surface area contributed by atoms with Crippen LogP contribution in [0.15, 0.2) is 58.4 Å². The quantitative estimate of drug-likeness (QED) is 0.849. The summed E-state index contributed by atoms with van der Waals surface area (Å²) >= 11 is 1.23. The normalized spacial score (nSPS) is 17.5. The zero-order valence-corrected chi connectivity index (χ0v) is 13.1. The largest absolute Gasteiger partial charge is 0.506 e. The zero-order chi connectivity index (χ0) is 16.2. The average molecular weight is 326 g/mol. The number of hydrogen-bond acceptors (Lipinski definition) is 5. The summed E-state index contributed by atoms with van der Waals surface area (Å²) in [7, 11) is 1.60. The molecule has 2 aromatic rings. The molecule has 2 aromatic carbocycles. The molecule has 3 rings (SSSR count). The van der Waals surface area contributed by atoms with E-state index in [2.05, 4.69) is 10.3 Å². The third kappa shape index (κ3) is 3.54. The lowest BCUT2D eigenvalue weighted by Gasteiger charge is -2.00. The Hall–Kier alpha value is -2.73. The van der Waals surface area contributed by atoms with Gasteiger partial charge >= 0.3 is 0 Å². The molecule has 0 bridgehead atoms. The SMILES string of the molecule is COc1cccc(/C=C2\SC(=Nc3ccccc3O)NC2=O)c1. The maximum Gasteiger partial charge on any atom is 0.264 e.